The Balaban J connectivity index is 2.27. The fourth-order valence-electron chi connectivity index (χ4n) is 0.948. The number of thiophene rings is 2. The van der Waals surface area contributed by atoms with Gasteiger partial charge in [-0.05, 0) is 22.9 Å². The molecule has 1 nitrogen and oxygen atoms in total. The van der Waals surface area contributed by atoms with Crippen molar-refractivity contribution in [2.45, 2.75) is 0 Å². The van der Waals surface area contributed by atoms with Crippen LogP contribution in [-0.2, 0) is 0 Å². The quantitative estimate of drug-likeness (QED) is 0.780. The van der Waals surface area contributed by atoms with Crippen molar-refractivity contribution >= 4 is 22.7 Å². The van der Waals surface area contributed by atoms with Crippen LogP contribution in [0.1, 0.15) is 9.75 Å². The molecule has 3 heteroatoms. The molecule has 0 aliphatic rings. The van der Waals surface area contributed by atoms with Gasteiger partial charge in [-0.25, -0.2) is 0 Å². The predicted octanol–water partition coefficient (Wildman–Crippen LogP) is 3.11. The summed E-state index contributed by atoms with van der Waals surface area (Å²) in [5.41, 5.74) is 0. The van der Waals surface area contributed by atoms with E-state index in [4.69, 9.17) is 0 Å². The first-order valence-corrected chi connectivity index (χ1v) is 5.27. The van der Waals surface area contributed by atoms with Crippen molar-refractivity contribution in [2.24, 2.45) is 0 Å². The first kappa shape index (κ1) is 7.98. The maximum atomic E-state index is 9.71. The molecule has 0 saturated carbocycles. The number of rotatable bonds is 2. The van der Waals surface area contributed by atoms with Crippen molar-refractivity contribution < 1.29 is 5.11 Å². The standard InChI is InChI=1S/C9H7OS2/c10-9(7-3-1-5-11-7)8-4-2-6-12-8/h1-6,10H. The van der Waals surface area contributed by atoms with Crippen molar-refractivity contribution in [3.05, 3.63) is 50.9 Å². The van der Waals surface area contributed by atoms with Crippen LogP contribution in [0.25, 0.3) is 0 Å². The molecule has 2 heterocycles. The van der Waals surface area contributed by atoms with Gasteiger partial charge in [0.1, 0.15) is 0 Å². The van der Waals surface area contributed by atoms with E-state index in [0.29, 0.717) is 6.10 Å². The smallest absolute Gasteiger partial charge is 0.171 e. The molecule has 0 aromatic carbocycles. The molecule has 61 valence electrons. The van der Waals surface area contributed by atoms with Crippen LogP contribution in [0.5, 0.6) is 0 Å². The zero-order valence-corrected chi connectivity index (χ0v) is 7.86. The molecule has 2 aromatic rings. The van der Waals surface area contributed by atoms with Gasteiger partial charge in [0.2, 0.25) is 0 Å². The summed E-state index contributed by atoms with van der Waals surface area (Å²) in [7, 11) is 0. The van der Waals surface area contributed by atoms with Crippen LogP contribution in [0.3, 0.4) is 0 Å². The summed E-state index contributed by atoms with van der Waals surface area (Å²) in [4.78, 5) is 1.86. The SMILES string of the molecule is O[C](c1cccs1)c1cccs1. The molecule has 0 saturated heterocycles. The Kier molecular flexibility index (Phi) is 2.26. The summed E-state index contributed by atoms with van der Waals surface area (Å²) < 4.78 is 0. The van der Waals surface area contributed by atoms with Crippen LogP contribution in [0.2, 0.25) is 0 Å². The molecule has 0 aliphatic heterocycles. The van der Waals surface area contributed by atoms with Gasteiger partial charge in [0, 0.05) is 9.75 Å². The topological polar surface area (TPSA) is 20.2 Å². The largest absolute Gasteiger partial charge is 0.375 e. The molecular formula is C9H7OS2. The zero-order valence-electron chi connectivity index (χ0n) is 6.23. The summed E-state index contributed by atoms with van der Waals surface area (Å²) in [5.74, 6) is 0. The van der Waals surface area contributed by atoms with E-state index in [1.54, 1.807) is 22.7 Å². The highest BCUT2D eigenvalue weighted by atomic mass is 32.1. The van der Waals surface area contributed by atoms with Gasteiger partial charge in [-0.1, -0.05) is 12.1 Å². The van der Waals surface area contributed by atoms with Crippen LogP contribution in [0.15, 0.2) is 35.0 Å². The highest BCUT2D eigenvalue weighted by molar-refractivity contribution is 7.12. The fourth-order valence-corrected chi connectivity index (χ4v) is 2.38. The van der Waals surface area contributed by atoms with Crippen molar-refractivity contribution in [3.63, 3.8) is 0 Å². The molecule has 0 spiro atoms. The number of hydrogen-bond donors (Lipinski definition) is 1. The van der Waals surface area contributed by atoms with Crippen LogP contribution < -0.4 is 0 Å². The van der Waals surface area contributed by atoms with Crippen LogP contribution >= 0.6 is 22.7 Å². The first-order chi connectivity index (χ1) is 5.88. The minimum absolute atomic E-state index is 0.389. The first-order valence-electron chi connectivity index (χ1n) is 3.51. The van der Waals surface area contributed by atoms with E-state index >= 15 is 0 Å². The summed E-state index contributed by atoms with van der Waals surface area (Å²) >= 11 is 3.10. The lowest BCUT2D eigenvalue weighted by atomic mass is 10.2. The highest BCUT2D eigenvalue weighted by Gasteiger charge is 2.12. The lowest BCUT2D eigenvalue weighted by molar-refractivity contribution is 0.363. The lowest BCUT2D eigenvalue weighted by Crippen LogP contribution is -1.93. The Morgan fingerprint density at radius 3 is 1.83 bits per heavy atom. The van der Waals surface area contributed by atoms with Gasteiger partial charge in [-0.2, -0.15) is 0 Å². The predicted molar refractivity (Wildman–Crippen MR) is 52.0 cm³/mol. The highest BCUT2D eigenvalue weighted by Crippen LogP contribution is 2.27. The Morgan fingerprint density at radius 1 is 1.00 bits per heavy atom. The molecule has 2 aromatic heterocycles. The molecule has 0 aliphatic carbocycles. The van der Waals surface area contributed by atoms with E-state index in [0.717, 1.165) is 9.75 Å². The molecule has 12 heavy (non-hydrogen) atoms. The third-order valence-electron chi connectivity index (χ3n) is 1.51. The Morgan fingerprint density at radius 2 is 1.50 bits per heavy atom. The van der Waals surface area contributed by atoms with Gasteiger partial charge in [-0.3, -0.25) is 0 Å². The van der Waals surface area contributed by atoms with E-state index < -0.39 is 0 Å². The second-order valence-corrected chi connectivity index (χ2v) is 4.20. The average Bonchev–Trinajstić information content (AvgIpc) is 2.77. The minimum Gasteiger partial charge on any atom is -0.375 e. The molecule has 0 unspecified atom stereocenters. The van der Waals surface area contributed by atoms with Crippen LogP contribution in [-0.4, -0.2) is 5.11 Å². The van der Waals surface area contributed by atoms with Crippen LogP contribution in [0.4, 0.5) is 0 Å². The fraction of sp³-hybridized carbons (Fsp3) is 0. The molecule has 1 N–H and O–H groups in total. The zero-order chi connectivity index (χ0) is 8.39. The van der Waals surface area contributed by atoms with Gasteiger partial charge >= 0.3 is 0 Å². The van der Waals surface area contributed by atoms with Crippen LogP contribution in [0, 0.1) is 6.10 Å². The number of aliphatic hydroxyl groups is 1. The monoisotopic (exact) mass is 195 g/mol. The Bertz CT molecular complexity index is 289. The van der Waals surface area contributed by atoms with Crippen molar-refractivity contribution in [1.82, 2.24) is 0 Å². The minimum atomic E-state index is 0.389. The summed E-state index contributed by atoms with van der Waals surface area (Å²) in [6.45, 7) is 0. The summed E-state index contributed by atoms with van der Waals surface area (Å²) in [6, 6.07) is 7.70. The number of hydrogen-bond acceptors (Lipinski definition) is 3. The normalized spacial score (nSPS) is 10.8. The van der Waals surface area contributed by atoms with E-state index in [1.165, 1.54) is 0 Å². The number of aliphatic hydroxyl groups excluding tert-OH is 1. The third-order valence-corrected chi connectivity index (χ3v) is 3.26. The van der Waals surface area contributed by atoms with Gasteiger partial charge in [-0.15, -0.1) is 22.7 Å². The van der Waals surface area contributed by atoms with E-state index in [2.05, 4.69) is 0 Å². The molecule has 0 amide bonds. The molecule has 2 rings (SSSR count). The summed E-state index contributed by atoms with van der Waals surface area (Å²) in [6.07, 6.45) is 0.389. The molecule has 0 fully saturated rings. The van der Waals surface area contributed by atoms with E-state index in [1.807, 2.05) is 35.0 Å². The Hall–Kier alpha value is -0.640. The molecule has 0 atom stereocenters. The second-order valence-electron chi connectivity index (χ2n) is 2.30. The van der Waals surface area contributed by atoms with E-state index in [-0.39, 0.29) is 0 Å². The molecule has 1 radical (unpaired) electrons. The van der Waals surface area contributed by atoms with Gasteiger partial charge in [0.05, 0.1) is 0 Å². The maximum Gasteiger partial charge on any atom is 0.171 e. The van der Waals surface area contributed by atoms with Crippen molar-refractivity contribution in [3.8, 4) is 0 Å². The lowest BCUT2D eigenvalue weighted by Gasteiger charge is -2.01. The van der Waals surface area contributed by atoms with E-state index in [9.17, 15) is 5.11 Å². The molecule has 0 bridgehead atoms. The van der Waals surface area contributed by atoms with Crippen molar-refractivity contribution in [2.75, 3.05) is 0 Å². The van der Waals surface area contributed by atoms with Gasteiger partial charge in [0.15, 0.2) is 6.10 Å². The van der Waals surface area contributed by atoms with Gasteiger partial charge in [0.25, 0.3) is 0 Å². The average molecular weight is 195 g/mol. The van der Waals surface area contributed by atoms with Gasteiger partial charge < -0.3 is 5.11 Å². The Labute approximate surface area is 78.9 Å². The maximum absolute atomic E-state index is 9.71. The second kappa shape index (κ2) is 3.39. The summed E-state index contributed by atoms with van der Waals surface area (Å²) in [5, 5.41) is 13.6. The third kappa shape index (κ3) is 1.43. The molecular weight excluding hydrogens is 188 g/mol. The van der Waals surface area contributed by atoms with Crippen molar-refractivity contribution in [1.29, 1.82) is 0 Å².